The van der Waals surface area contributed by atoms with Crippen LogP contribution in [0.2, 0.25) is 0 Å². The van der Waals surface area contributed by atoms with Crippen LogP contribution in [-0.4, -0.2) is 0 Å². The van der Waals surface area contributed by atoms with Gasteiger partial charge in [0.25, 0.3) is 0 Å². The van der Waals surface area contributed by atoms with Gasteiger partial charge in [0.05, 0.1) is 5.56 Å². The summed E-state index contributed by atoms with van der Waals surface area (Å²) >= 11 is 5.35. The Morgan fingerprint density at radius 2 is 2.08 bits per heavy atom. The third-order valence-electron chi connectivity index (χ3n) is 1.33. The number of hydrogen-bond acceptors (Lipinski definition) is 0. The van der Waals surface area contributed by atoms with E-state index >= 15 is 0 Å². The van der Waals surface area contributed by atoms with E-state index in [2.05, 4.69) is 6.07 Å². The molecule has 1 aromatic carbocycles. The Labute approximate surface area is 73.0 Å². The molecule has 4 heteroatoms. The van der Waals surface area contributed by atoms with Crippen LogP contribution in [-0.2, 0) is 12.1 Å². The fourth-order valence-electron chi connectivity index (χ4n) is 0.769. The highest BCUT2D eigenvalue weighted by Crippen LogP contribution is 2.29. The fourth-order valence-corrected chi connectivity index (χ4v) is 0.924. The highest BCUT2D eigenvalue weighted by atomic mass is 35.5. The Morgan fingerprint density at radius 3 is 2.58 bits per heavy atom. The smallest absolute Gasteiger partial charge is 0.166 e. The molecule has 0 saturated carbocycles. The van der Waals surface area contributed by atoms with Gasteiger partial charge in [0.15, 0.2) is 0 Å². The van der Waals surface area contributed by atoms with Crippen molar-refractivity contribution in [1.82, 2.24) is 0 Å². The van der Waals surface area contributed by atoms with Gasteiger partial charge in [0.1, 0.15) is 0 Å². The summed E-state index contributed by atoms with van der Waals surface area (Å²) in [6.45, 7) is 0. The minimum Gasteiger partial charge on any atom is -0.166 e. The first-order valence-corrected chi connectivity index (χ1v) is 3.71. The lowest BCUT2D eigenvalue weighted by atomic mass is 10.1. The van der Waals surface area contributed by atoms with E-state index in [4.69, 9.17) is 11.6 Å². The number of rotatable bonds is 1. The van der Waals surface area contributed by atoms with Gasteiger partial charge in [-0.15, -0.1) is 11.6 Å². The van der Waals surface area contributed by atoms with Gasteiger partial charge < -0.3 is 0 Å². The summed E-state index contributed by atoms with van der Waals surface area (Å²) in [6.07, 6.45) is -4.30. The molecule has 1 rings (SSSR count). The molecule has 0 aromatic heterocycles. The Balaban J connectivity index is 3.02. The first-order chi connectivity index (χ1) is 5.54. The Kier molecular flexibility index (Phi) is 2.62. The average molecular weight is 194 g/mol. The Bertz CT molecular complexity index is 267. The molecule has 0 aliphatic heterocycles. The van der Waals surface area contributed by atoms with Crippen LogP contribution in [0.25, 0.3) is 0 Å². The molecule has 0 amide bonds. The molecule has 0 spiro atoms. The zero-order chi connectivity index (χ0) is 9.19. The summed E-state index contributed by atoms with van der Waals surface area (Å²) in [5, 5.41) is 0. The van der Waals surface area contributed by atoms with Crippen molar-refractivity contribution in [3.63, 3.8) is 0 Å². The highest BCUT2D eigenvalue weighted by molar-refractivity contribution is 6.17. The predicted molar refractivity (Wildman–Crippen MR) is 39.8 cm³/mol. The third-order valence-corrected chi connectivity index (χ3v) is 1.62. The van der Waals surface area contributed by atoms with Gasteiger partial charge in [-0.3, -0.25) is 0 Å². The van der Waals surface area contributed by atoms with E-state index in [1.165, 1.54) is 6.07 Å². The maximum absolute atomic E-state index is 12.0. The molecule has 1 aromatic rings. The van der Waals surface area contributed by atoms with Gasteiger partial charge in [0.2, 0.25) is 0 Å². The summed E-state index contributed by atoms with van der Waals surface area (Å²) in [6, 6.07) is 5.78. The molecule has 12 heavy (non-hydrogen) atoms. The van der Waals surface area contributed by atoms with Gasteiger partial charge in [-0.25, -0.2) is 0 Å². The summed E-state index contributed by atoms with van der Waals surface area (Å²) < 4.78 is 36.1. The number of hydrogen-bond donors (Lipinski definition) is 0. The SMILES string of the molecule is FC(F)(F)c1cc[c]c(CCl)c1. The summed E-state index contributed by atoms with van der Waals surface area (Å²) in [4.78, 5) is 0. The number of benzene rings is 1. The second-order valence-electron chi connectivity index (χ2n) is 2.23. The van der Waals surface area contributed by atoms with Crippen molar-refractivity contribution in [1.29, 1.82) is 0 Å². The van der Waals surface area contributed by atoms with Crippen molar-refractivity contribution in [3.8, 4) is 0 Å². The molecule has 0 aliphatic rings. The van der Waals surface area contributed by atoms with E-state index in [1.54, 1.807) is 0 Å². The third kappa shape index (κ3) is 2.14. The lowest BCUT2D eigenvalue weighted by molar-refractivity contribution is -0.137. The lowest BCUT2D eigenvalue weighted by Gasteiger charge is -2.06. The summed E-state index contributed by atoms with van der Waals surface area (Å²) in [7, 11) is 0. The first-order valence-electron chi connectivity index (χ1n) is 3.18. The number of alkyl halides is 4. The Hall–Kier alpha value is -0.700. The summed E-state index contributed by atoms with van der Waals surface area (Å²) in [5.74, 6) is 0.0456. The first kappa shape index (κ1) is 9.39. The molecule has 0 saturated heterocycles. The monoisotopic (exact) mass is 193 g/mol. The van der Waals surface area contributed by atoms with E-state index in [0.717, 1.165) is 12.1 Å². The molecule has 65 valence electrons. The molecule has 0 atom stereocenters. The molecule has 0 aliphatic carbocycles. The van der Waals surface area contributed by atoms with E-state index in [9.17, 15) is 13.2 Å². The van der Waals surface area contributed by atoms with Crippen molar-refractivity contribution in [3.05, 3.63) is 35.4 Å². The largest absolute Gasteiger partial charge is 0.416 e. The van der Waals surface area contributed by atoms with Crippen LogP contribution in [0.4, 0.5) is 13.2 Å². The van der Waals surface area contributed by atoms with Crippen LogP contribution in [0.15, 0.2) is 18.2 Å². The van der Waals surface area contributed by atoms with Crippen molar-refractivity contribution < 1.29 is 13.2 Å². The zero-order valence-corrected chi connectivity index (χ0v) is 6.71. The van der Waals surface area contributed by atoms with Gasteiger partial charge in [0, 0.05) is 5.88 Å². The van der Waals surface area contributed by atoms with Crippen LogP contribution in [0, 0.1) is 6.07 Å². The molecule has 0 unspecified atom stereocenters. The van der Waals surface area contributed by atoms with E-state index in [1.807, 2.05) is 0 Å². The maximum atomic E-state index is 12.0. The molecule has 0 heterocycles. The average Bonchev–Trinajstić information content (AvgIpc) is 2.03. The lowest BCUT2D eigenvalue weighted by Crippen LogP contribution is -2.04. The maximum Gasteiger partial charge on any atom is 0.416 e. The quantitative estimate of drug-likeness (QED) is 0.601. The minimum atomic E-state index is -4.30. The van der Waals surface area contributed by atoms with Crippen molar-refractivity contribution >= 4 is 11.6 Å². The predicted octanol–water partition coefficient (Wildman–Crippen LogP) is 3.24. The molecule has 1 radical (unpaired) electrons. The molecular weight excluding hydrogens is 189 g/mol. The van der Waals surface area contributed by atoms with Gasteiger partial charge in [-0.05, 0) is 23.8 Å². The van der Waals surface area contributed by atoms with Crippen LogP contribution in [0.1, 0.15) is 11.1 Å². The normalized spacial score (nSPS) is 11.7. The summed E-state index contributed by atoms with van der Waals surface area (Å²) in [5.41, 5.74) is -0.330. The number of halogens is 4. The van der Waals surface area contributed by atoms with Gasteiger partial charge in [-0.2, -0.15) is 13.2 Å². The zero-order valence-electron chi connectivity index (χ0n) is 5.95. The highest BCUT2D eigenvalue weighted by Gasteiger charge is 2.30. The van der Waals surface area contributed by atoms with Crippen LogP contribution in [0.3, 0.4) is 0 Å². The minimum absolute atomic E-state index is 0.0456. The Morgan fingerprint density at radius 1 is 1.42 bits per heavy atom. The molecule has 0 fully saturated rings. The van der Waals surface area contributed by atoms with Crippen molar-refractivity contribution in [2.24, 2.45) is 0 Å². The van der Waals surface area contributed by atoms with Gasteiger partial charge >= 0.3 is 6.18 Å². The van der Waals surface area contributed by atoms with E-state index in [0.29, 0.717) is 5.56 Å². The fraction of sp³-hybridized carbons (Fsp3) is 0.250. The van der Waals surface area contributed by atoms with Gasteiger partial charge in [-0.1, -0.05) is 6.07 Å². The van der Waals surface area contributed by atoms with Crippen molar-refractivity contribution in [2.75, 3.05) is 0 Å². The molecule has 0 N–H and O–H groups in total. The van der Waals surface area contributed by atoms with E-state index in [-0.39, 0.29) is 5.88 Å². The molecular formula is C8H5ClF3. The standard InChI is InChI=1S/C8H5ClF3/c9-5-6-2-1-3-7(4-6)8(10,11)12/h1,3-4H,5H2. The van der Waals surface area contributed by atoms with Crippen LogP contribution < -0.4 is 0 Å². The second-order valence-corrected chi connectivity index (χ2v) is 2.50. The van der Waals surface area contributed by atoms with E-state index < -0.39 is 11.7 Å². The van der Waals surface area contributed by atoms with Crippen molar-refractivity contribution in [2.45, 2.75) is 12.1 Å². The second kappa shape index (κ2) is 3.35. The molecule has 0 bridgehead atoms. The topological polar surface area (TPSA) is 0 Å². The molecule has 0 nitrogen and oxygen atoms in total. The van der Waals surface area contributed by atoms with Crippen LogP contribution in [0.5, 0.6) is 0 Å². The van der Waals surface area contributed by atoms with Crippen LogP contribution >= 0.6 is 11.6 Å².